The molecule has 1 aliphatic heterocycles. The highest BCUT2D eigenvalue weighted by Crippen LogP contribution is 2.31. The van der Waals surface area contributed by atoms with Crippen LogP contribution in [-0.2, 0) is 0 Å². The molecule has 0 spiro atoms. The van der Waals surface area contributed by atoms with Gasteiger partial charge in [0.1, 0.15) is 0 Å². The maximum atomic E-state index is 5.04. The highest BCUT2D eigenvalue weighted by molar-refractivity contribution is 5.85. The first-order chi connectivity index (χ1) is 13.7. The van der Waals surface area contributed by atoms with E-state index in [1.165, 1.54) is 11.1 Å². The summed E-state index contributed by atoms with van der Waals surface area (Å²) >= 11 is 0. The SMILES string of the molecule is C[C@@H](c1ccccc1)N1CCN([C@@H](C)c2ccccc2)C1=Nc1ccncc1. The average Bonchev–Trinajstić information content (AvgIpc) is 3.18. The van der Waals surface area contributed by atoms with Gasteiger partial charge in [-0.15, -0.1) is 0 Å². The van der Waals surface area contributed by atoms with E-state index in [-0.39, 0.29) is 12.1 Å². The van der Waals surface area contributed by atoms with Gasteiger partial charge in [-0.3, -0.25) is 4.98 Å². The maximum Gasteiger partial charge on any atom is 0.202 e. The van der Waals surface area contributed by atoms with E-state index in [1.807, 2.05) is 12.1 Å². The molecule has 2 aromatic carbocycles. The van der Waals surface area contributed by atoms with Crippen molar-refractivity contribution in [1.29, 1.82) is 0 Å². The molecule has 3 aromatic rings. The summed E-state index contributed by atoms with van der Waals surface area (Å²) < 4.78 is 0. The van der Waals surface area contributed by atoms with Crippen molar-refractivity contribution in [2.75, 3.05) is 13.1 Å². The molecule has 1 saturated heterocycles. The van der Waals surface area contributed by atoms with E-state index in [0.29, 0.717) is 0 Å². The molecule has 0 unspecified atom stereocenters. The first-order valence-corrected chi connectivity index (χ1v) is 9.86. The molecule has 2 heterocycles. The van der Waals surface area contributed by atoms with Crippen LogP contribution in [0.15, 0.2) is 90.2 Å². The topological polar surface area (TPSA) is 31.7 Å². The van der Waals surface area contributed by atoms with E-state index in [9.17, 15) is 0 Å². The molecular formula is C24H26N4. The predicted octanol–water partition coefficient (Wildman–Crippen LogP) is 5.21. The standard InChI is InChI=1S/C24H26N4/c1-19(21-9-5-3-6-10-21)27-17-18-28(20(2)22-11-7-4-8-12-22)24(27)26-23-13-15-25-16-14-23/h3-16,19-20H,17-18H2,1-2H3/t19-,20-/m0/s1. The van der Waals surface area contributed by atoms with Crippen molar-refractivity contribution in [3.8, 4) is 0 Å². The summed E-state index contributed by atoms with van der Waals surface area (Å²) in [6.45, 7) is 6.43. The summed E-state index contributed by atoms with van der Waals surface area (Å²) in [6.07, 6.45) is 3.59. The van der Waals surface area contributed by atoms with E-state index in [0.717, 1.165) is 24.7 Å². The Labute approximate surface area is 167 Å². The second-order valence-electron chi connectivity index (χ2n) is 7.18. The smallest absolute Gasteiger partial charge is 0.202 e. The van der Waals surface area contributed by atoms with Crippen molar-refractivity contribution in [2.45, 2.75) is 25.9 Å². The summed E-state index contributed by atoms with van der Waals surface area (Å²) in [5, 5.41) is 0. The Kier molecular flexibility index (Phi) is 5.38. The van der Waals surface area contributed by atoms with Crippen LogP contribution in [0.25, 0.3) is 0 Å². The van der Waals surface area contributed by atoms with Crippen LogP contribution < -0.4 is 0 Å². The number of guanidine groups is 1. The van der Waals surface area contributed by atoms with Gasteiger partial charge in [0, 0.05) is 25.5 Å². The van der Waals surface area contributed by atoms with Gasteiger partial charge >= 0.3 is 0 Å². The van der Waals surface area contributed by atoms with Crippen LogP contribution in [-0.4, -0.2) is 33.8 Å². The van der Waals surface area contributed by atoms with Crippen molar-refractivity contribution in [1.82, 2.24) is 14.8 Å². The molecule has 1 fully saturated rings. The number of benzene rings is 2. The summed E-state index contributed by atoms with van der Waals surface area (Å²) in [5.41, 5.74) is 3.54. The van der Waals surface area contributed by atoms with Crippen LogP contribution in [0, 0.1) is 0 Å². The van der Waals surface area contributed by atoms with E-state index in [2.05, 4.69) is 89.3 Å². The third-order valence-electron chi connectivity index (χ3n) is 5.49. The van der Waals surface area contributed by atoms with Crippen molar-refractivity contribution in [3.05, 3.63) is 96.3 Å². The normalized spacial score (nSPS) is 16.1. The zero-order valence-electron chi connectivity index (χ0n) is 16.4. The molecular weight excluding hydrogens is 344 g/mol. The third-order valence-corrected chi connectivity index (χ3v) is 5.49. The molecule has 2 atom stereocenters. The van der Waals surface area contributed by atoms with Gasteiger partial charge in [0.05, 0.1) is 17.8 Å². The molecule has 28 heavy (non-hydrogen) atoms. The second-order valence-corrected chi connectivity index (χ2v) is 7.18. The highest BCUT2D eigenvalue weighted by Gasteiger charge is 2.33. The molecule has 4 rings (SSSR count). The minimum atomic E-state index is 0.259. The Morgan fingerprint density at radius 1 is 0.714 bits per heavy atom. The van der Waals surface area contributed by atoms with Gasteiger partial charge in [-0.1, -0.05) is 60.7 Å². The molecule has 0 radical (unpaired) electrons. The first kappa shape index (κ1) is 18.2. The van der Waals surface area contributed by atoms with Gasteiger partial charge in [-0.05, 0) is 37.1 Å². The van der Waals surface area contributed by atoms with E-state index in [4.69, 9.17) is 4.99 Å². The lowest BCUT2D eigenvalue weighted by molar-refractivity contribution is 0.362. The molecule has 0 saturated carbocycles. The van der Waals surface area contributed by atoms with Crippen LogP contribution in [0.1, 0.15) is 37.1 Å². The number of hydrogen-bond acceptors (Lipinski definition) is 2. The van der Waals surface area contributed by atoms with E-state index < -0.39 is 0 Å². The van der Waals surface area contributed by atoms with Crippen molar-refractivity contribution < 1.29 is 0 Å². The molecule has 0 amide bonds. The molecule has 0 bridgehead atoms. The summed E-state index contributed by atoms with van der Waals surface area (Å²) in [4.78, 5) is 14.0. The minimum absolute atomic E-state index is 0.259. The molecule has 1 aromatic heterocycles. The van der Waals surface area contributed by atoms with Gasteiger partial charge < -0.3 is 9.80 Å². The fourth-order valence-corrected chi connectivity index (χ4v) is 3.80. The largest absolute Gasteiger partial charge is 0.334 e. The van der Waals surface area contributed by atoms with Crippen LogP contribution >= 0.6 is 0 Å². The summed E-state index contributed by atoms with van der Waals surface area (Å²) in [6, 6.07) is 25.8. The fourth-order valence-electron chi connectivity index (χ4n) is 3.80. The third kappa shape index (κ3) is 3.77. The van der Waals surface area contributed by atoms with Gasteiger partial charge in [0.25, 0.3) is 0 Å². The average molecular weight is 371 g/mol. The maximum absolute atomic E-state index is 5.04. The Balaban J connectivity index is 1.70. The van der Waals surface area contributed by atoms with E-state index >= 15 is 0 Å². The summed E-state index contributed by atoms with van der Waals surface area (Å²) in [5.74, 6) is 1.03. The molecule has 142 valence electrons. The minimum Gasteiger partial charge on any atom is -0.334 e. The van der Waals surface area contributed by atoms with Crippen molar-refractivity contribution in [2.24, 2.45) is 4.99 Å². The Morgan fingerprint density at radius 2 is 1.18 bits per heavy atom. The van der Waals surface area contributed by atoms with Crippen LogP contribution in [0.4, 0.5) is 5.69 Å². The van der Waals surface area contributed by atoms with Crippen LogP contribution in [0.2, 0.25) is 0 Å². The molecule has 0 N–H and O–H groups in total. The lowest BCUT2D eigenvalue weighted by Crippen LogP contribution is -2.36. The Bertz CT molecular complexity index is 854. The first-order valence-electron chi connectivity index (χ1n) is 9.86. The number of rotatable bonds is 5. The van der Waals surface area contributed by atoms with Gasteiger partial charge in [-0.2, -0.15) is 0 Å². The number of nitrogens with zero attached hydrogens (tertiary/aromatic N) is 4. The number of aliphatic imine (C=N–C) groups is 1. The fraction of sp³-hybridized carbons (Fsp3) is 0.250. The predicted molar refractivity (Wildman–Crippen MR) is 114 cm³/mol. The van der Waals surface area contributed by atoms with Crippen LogP contribution in [0.3, 0.4) is 0 Å². The lowest BCUT2D eigenvalue weighted by Gasteiger charge is -2.32. The van der Waals surface area contributed by atoms with Gasteiger partial charge in [0.15, 0.2) is 0 Å². The molecule has 0 aliphatic carbocycles. The quantitative estimate of drug-likeness (QED) is 0.618. The van der Waals surface area contributed by atoms with Crippen LogP contribution in [0.5, 0.6) is 0 Å². The second kappa shape index (κ2) is 8.26. The zero-order chi connectivity index (χ0) is 19.3. The van der Waals surface area contributed by atoms with Gasteiger partial charge in [0.2, 0.25) is 5.96 Å². The van der Waals surface area contributed by atoms with E-state index in [1.54, 1.807) is 12.4 Å². The number of hydrogen-bond donors (Lipinski definition) is 0. The number of pyridine rings is 1. The number of aromatic nitrogens is 1. The Morgan fingerprint density at radius 3 is 1.64 bits per heavy atom. The molecule has 4 nitrogen and oxygen atoms in total. The van der Waals surface area contributed by atoms with Crippen molar-refractivity contribution >= 4 is 11.6 Å². The zero-order valence-corrected chi connectivity index (χ0v) is 16.4. The Hall–Kier alpha value is -3.14. The highest BCUT2D eigenvalue weighted by atomic mass is 15.5. The van der Waals surface area contributed by atoms with Gasteiger partial charge in [-0.25, -0.2) is 4.99 Å². The molecule has 1 aliphatic rings. The lowest BCUT2D eigenvalue weighted by atomic mass is 10.1. The molecule has 4 heteroatoms. The monoisotopic (exact) mass is 370 g/mol. The summed E-state index contributed by atoms with van der Waals surface area (Å²) in [7, 11) is 0. The van der Waals surface area contributed by atoms with Crippen molar-refractivity contribution in [3.63, 3.8) is 0 Å².